The van der Waals surface area contributed by atoms with Crippen LogP contribution in [0.25, 0.3) is 0 Å². The zero-order chi connectivity index (χ0) is 11.5. The van der Waals surface area contributed by atoms with Gasteiger partial charge < -0.3 is 0 Å². The molecule has 2 rings (SSSR count). The lowest BCUT2D eigenvalue weighted by Crippen LogP contribution is -2.21. The number of Topliss-reactive ketones (excluding diaryl/α,β-unsaturated/α-hetero) is 1. The quantitative estimate of drug-likeness (QED) is 0.566. The van der Waals surface area contributed by atoms with Gasteiger partial charge in [-0.15, -0.1) is 0 Å². The molecule has 1 aliphatic rings. The summed E-state index contributed by atoms with van der Waals surface area (Å²) in [6.45, 7) is 0. The SMILES string of the molecule is O=C(c1ccc(Br)cc1)C1CCC(Br)CC1. The summed E-state index contributed by atoms with van der Waals surface area (Å²) >= 11 is 6.99. The maximum Gasteiger partial charge on any atom is 0.165 e. The Morgan fingerprint density at radius 2 is 1.62 bits per heavy atom. The zero-order valence-electron chi connectivity index (χ0n) is 8.96. The number of halogens is 2. The molecule has 0 unspecified atom stereocenters. The molecule has 0 aromatic heterocycles. The summed E-state index contributed by atoms with van der Waals surface area (Å²) in [6.07, 6.45) is 4.27. The number of hydrogen-bond donors (Lipinski definition) is 0. The molecule has 1 aromatic rings. The third-order valence-corrected chi connectivity index (χ3v) is 4.60. The lowest BCUT2D eigenvalue weighted by molar-refractivity contribution is 0.0891. The van der Waals surface area contributed by atoms with Crippen LogP contribution in [0.15, 0.2) is 28.7 Å². The van der Waals surface area contributed by atoms with Crippen LogP contribution in [-0.2, 0) is 0 Å². The molecule has 86 valence electrons. The van der Waals surface area contributed by atoms with Gasteiger partial charge in [-0.25, -0.2) is 0 Å². The van der Waals surface area contributed by atoms with Gasteiger partial charge in [0.2, 0.25) is 0 Å². The number of hydrogen-bond acceptors (Lipinski definition) is 1. The monoisotopic (exact) mass is 344 g/mol. The van der Waals surface area contributed by atoms with Crippen LogP contribution in [0.3, 0.4) is 0 Å². The molecule has 1 aliphatic carbocycles. The van der Waals surface area contributed by atoms with Crippen molar-refractivity contribution in [3.05, 3.63) is 34.3 Å². The minimum atomic E-state index is 0.231. The molecule has 0 radical (unpaired) electrons. The van der Waals surface area contributed by atoms with Gasteiger partial charge in [0, 0.05) is 20.8 Å². The topological polar surface area (TPSA) is 17.1 Å². The highest BCUT2D eigenvalue weighted by Gasteiger charge is 2.25. The van der Waals surface area contributed by atoms with Crippen molar-refractivity contribution < 1.29 is 4.79 Å². The molecule has 0 heterocycles. The van der Waals surface area contributed by atoms with E-state index in [4.69, 9.17) is 0 Å². The summed E-state index contributed by atoms with van der Waals surface area (Å²) in [5, 5.41) is 0. The van der Waals surface area contributed by atoms with Gasteiger partial charge in [0.25, 0.3) is 0 Å². The van der Waals surface area contributed by atoms with Crippen LogP contribution in [-0.4, -0.2) is 10.6 Å². The Morgan fingerprint density at radius 1 is 1.06 bits per heavy atom. The normalized spacial score (nSPS) is 25.4. The Kier molecular flexibility index (Phi) is 4.20. The van der Waals surface area contributed by atoms with Crippen LogP contribution in [0.4, 0.5) is 0 Å². The first-order chi connectivity index (χ1) is 7.66. The summed E-state index contributed by atoms with van der Waals surface area (Å²) in [5.74, 6) is 0.543. The molecule has 0 saturated heterocycles. The first-order valence-corrected chi connectivity index (χ1v) is 7.31. The van der Waals surface area contributed by atoms with Gasteiger partial charge in [-0.1, -0.05) is 44.0 Å². The number of carbonyl (C=O) groups excluding carboxylic acids is 1. The predicted molar refractivity (Wildman–Crippen MR) is 73.1 cm³/mol. The second-order valence-corrected chi connectivity index (χ2v) is 6.53. The molecule has 3 heteroatoms. The average molecular weight is 346 g/mol. The van der Waals surface area contributed by atoms with Crippen molar-refractivity contribution in [3.8, 4) is 0 Å². The van der Waals surface area contributed by atoms with Crippen molar-refractivity contribution in [3.63, 3.8) is 0 Å². The second-order valence-electron chi connectivity index (χ2n) is 4.32. The van der Waals surface area contributed by atoms with Gasteiger partial charge in [0.05, 0.1) is 0 Å². The minimum absolute atomic E-state index is 0.231. The van der Waals surface area contributed by atoms with E-state index in [2.05, 4.69) is 31.9 Å². The standard InChI is InChI=1S/C13H14Br2O/c14-11-5-1-9(2-6-11)13(16)10-3-7-12(15)8-4-10/h1-2,5-6,10,12H,3-4,7-8H2. The Labute approximate surface area is 113 Å². The van der Waals surface area contributed by atoms with Crippen LogP contribution < -0.4 is 0 Å². The number of ketones is 1. The Morgan fingerprint density at radius 3 is 2.19 bits per heavy atom. The predicted octanol–water partition coefficient (Wildman–Crippen LogP) is 4.59. The number of rotatable bonds is 2. The van der Waals surface area contributed by atoms with E-state index >= 15 is 0 Å². The molecule has 0 aliphatic heterocycles. The third-order valence-electron chi connectivity index (χ3n) is 3.16. The molecular weight excluding hydrogens is 332 g/mol. The zero-order valence-corrected chi connectivity index (χ0v) is 12.1. The first-order valence-electron chi connectivity index (χ1n) is 5.60. The second kappa shape index (κ2) is 5.46. The summed E-state index contributed by atoms with van der Waals surface area (Å²) in [6, 6.07) is 7.69. The Balaban J connectivity index is 2.05. The van der Waals surface area contributed by atoms with E-state index in [-0.39, 0.29) is 5.92 Å². The van der Waals surface area contributed by atoms with Gasteiger partial charge in [0.1, 0.15) is 0 Å². The van der Waals surface area contributed by atoms with Crippen molar-refractivity contribution in [2.75, 3.05) is 0 Å². The van der Waals surface area contributed by atoms with E-state index in [1.54, 1.807) is 0 Å². The fourth-order valence-corrected chi connectivity index (χ4v) is 2.96. The fourth-order valence-electron chi connectivity index (χ4n) is 2.16. The van der Waals surface area contributed by atoms with E-state index in [1.807, 2.05) is 24.3 Å². The molecule has 0 spiro atoms. The number of alkyl halides is 1. The maximum absolute atomic E-state index is 12.2. The highest BCUT2D eigenvalue weighted by atomic mass is 79.9. The smallest absolute Gasteiger partial charge is 0.165 e. The summed E-state index contributed by atoms with van der Waals surface area (Å²) in [4.78, 5) is 12.8. The molecule has 1 fully saturated rings. The minimum Gasteiger partial charge on any atom is -0.294 e. The molecule has 1 nitrogen and oxygen atoms in total. The maximum atomic E-state index is 12.2. The average Bonchev–Trinajstić information content (AvgIpc) is 2.30. The van der Waals surface area contributed by atoms with E-state index in [0.717, 1.165) is 35.7 Å². The molecule has 0 bridgehead atoms. The molecular formula is C13H14Br2O. The summed E-state index contributed by atoms with van der Waals surface area (Å²) in [5.41, 5.74) is 0.848. The van der Waals surface area contributed by atoms with E-state index in [0.29, 0.717) is 10.6 Å². The number of benzene rings is 1. The molecule has 0 atom stereocenters. The van der Waals surface area contributed by atoms with Gasteiger partial charge in [-0.3, -0.25) is 4.79 Å². The Bertz CT molecular complexity index is 364. The lowest BCUT2D eigenvalue weighted by atomic mass is 9.84. The van der Waals surface area contributed by atoms with Gasteiger partial charge in [-0.05, 0) is 37.8 Å². The molecule has 0 N–H and O–H groups in total. The highest BCUT2D eigenvalue weighted by Crippen LogP contribution is 2.31. The van der Waals surface area contributed by atoms with E-state index in [1.165, 1.54) is 0 Å². The van der Waals surface area contributed by atoms with Crippen LogP contribution >= 0.6 is 31.9 Å². The van der Waals surface area contributed by atoms with Crippen LogP contribution in [0.2, 0.25) is 0 Å². The summed E-state index contributed by atoms with van der Waals surface area (Å²) in [7, 11) is 0. The lowest BCUT2D eigenvalue weighted by Gasteiger charge is -2.24. The summed E-state index contributed by atoms with van der Waals surface area (Å²) < 4.78 is 1.02. The number of carbonyl (C=O) groups is 1. The van der Waals surface area contributed by atoms with Crippen molar-refractivity contribution in [1.29, 1.82) is 0 Å². The van der Waals surface area contributed by atoms with Crippen molar-refractivity contribution in [2.24, 2.45) is 5.92 Å². The molecule has 1 aromatic carbocycles. The van der Waals surface area contributed by atoms with Crippen LogP contribution in [0, 0.1) is 5.92 Å². The molecule has 1 saturated carbocycles. The molecule has 16 heavy (non-hydrogen) atoms. The fraction of sp³-hybridized carbons (Fsp3) is 0.462. The van der Waals surface area contributed by atoms with Gasteiger partial charge in [0.15, 0.2) is 5.78 Å². The van der Waals surface area contributed by atoms with Crippen LogP contribution in [0.5, 0.6) is 0 Å². The van der Waals surface area contributed by atoms with Crippen LogP contribution in [0.1, 0.15) is 36.0 Å². The van der Waals surface area contributed by atoms with Crippen molar-refractivity contribution in [2.45, 2.75) is 30.5 Å². The largest absolute Gasteiger partial charge is 0.294 e. The van der Waals surface area contributed by atoms with Gasteiger partial charge in [-0.2, -0.15) is 0 Å². The van der Waals surface area contributed by atoms with E-state index in [9.17, 15) is 4.79 Å². The Hall–Kier alpha value is -0.150. The highest BCUT2D eigenvalue weighted by molar-refractivity contribution is 9.10. The molecule has 0 amide bonds. The first kappa shape index (κ1) is 12.3. The van der Waals surface area contributed by atoms with E-state index < -0.39 is 0 Å². The van der Waals surface area contributed by atoms with Crippen molar-refractivity contribution in [1.82, 2.24) is 0 Å². The third kappa shape index (κ3) is 2.95. The van der Waals surface area contributed by atoms with Crippen molar-refractivity contribution >= 4 is 37.6 Å². The van der Waals surface area contributed by atoms with Gasteiger partial charge >= 0.3 is 0 Å².